The topological polar surface area (TPSA) is 38.1 Å². The summed E-state index contributed by atoms with van der Waals surface area (Å²) in [7, 11) is 0. The molecule has 1 aliphatic carbocycles. The van der Waals surface area contributed by atoms with Gasteiger partial charge >= 0.3 is 6.18 Å². The molecule has 4 nitrogen and oxygen atoms in total. The Morgan fingerprint density at radius 2 is 1.86 bits per heavy atom. The molecule has 0 spiro atoms. The number of hydrogen-bond donors (Lipinski definition) is 0. The van der Waals surface area contributed by atoms with E-state index in [1.165, 1.54) is 17.8 Å². The van der Waals surface area contributed by atoms with Crippen LogP contribution in [0.5, 0.6) is 0 Å². The van der Waals surface area contributed by atoms with E-state index in [4.69, 9.17) is 0 Å². The molecule has 2 fully saturated rings. The van der Waals surface area contributed by atoms with Crippen LogP contribution in [0.25, 0.3) is 11.0 Å². The zero-order valence-corrected chi connectivity index (χ0v) is 21.0. The van der Waals surface area contributed by atoms with Gasteiger partial charge in [0.25, 0.3) is 0 Å². The minimum Gasteiger partial charge on any atom is -0.338 e. The van der Waals surface area contributed by atoms with Gasteiger partial charge in [0.2, 0.25) is 5.91 Å². The molecule has 0 unspecified atom stereocenters. The maximum atomic E-state index is 13.3. The molecule has 3 aromatic rings. The molecule has 5 rings (SSSR count). The van der Waals surface area contributed by atoms with Crippen molar-refractivity contribution < 1.29 is 18.0 Å². The second kappa shape index (κ2) is 8.57. The summed E-state index contributed by atoms with van der Waals surface area (Å²) in [5, 5.41) is 0.560. The molecule has 1 saturated carbocycles. The van der Waals surface area contributed by atoms with Crippen LogP contribution in [-0.4, -0.2) is 38.7 Å². The smallest absolute Gasteiger partial charge is 0.338 e. The third-order valence-electron chi connectivity index (χ3n) is 7.28. The number of hydrogen-bond acceptors (Lipinski definition) is 3. The number of rotatable bonds is 5. The average molecular weight is 502 g/mol. The Kier molecular flexibility index (Phi) is 5.93. The molecule has 1 saturated heterocycles. The summed E-state index contributed by atoms with van der Waals surface area (Å²) in [5.74, 6) is 0.299. The molecule has 2 bridgehead atoms. The summed E-state index contributed by atoms with van der Waals surface area (Å²) in [6, 6.07) is 13.7. The highest BCUT2D eigenvalue weighted by Gasteiger charge is 2.50. The van der Waals surface area contributed by atoms with Crippen molar-refractivity contribution in [1.29, 1.82) is 0 Å². The molecule has 1 aromatic heterocycles. The van der Waals surface area contributed by atoms with Gasteiger partial charge in [-0.3, -0.25) is 4.79 Å². The molecular formula is C27H30F3N3OS. The van der Waals surface area contributed by atoms with Crippen LogP contribution >= 0.6 is 11.8 Å². The fourth-order valence-electron chi connectivity index (χ4n) is 6.27. The maximum absolute atomic E-state index is 13.3. The van der Waals surface area contributed by atoms with Gasteiger partial charge in [0.05, 0.1) is 28.9 Å². The van der Waals surface area contributed by atoms with E-state index in [1.54, 1.807) is 0 Å². The van der Waals surface area contributed by atoms with Crippen molar-refractivity contribution in [3.63, 3.8) is 0 Å². The summed E-state index contributed by atoms with van der Waals surface area (Å²) in [6.45, 7) is 8.08. The number of nitrogens with zero attached hydrogens (tertiary/aromatic N) is 3. The van der Waals surface area contributed by atoms with E-state index in [2.05, 4.69) is 25.8 Å². The zero-order chi connectivity index (χ0) is 25.0. The van der Waals surface area contributed by atoms with Crippen LogP contribution in [0.1, 0.15) is 51.2 Å². The van der Waals surface area contributed by atoms with Crippen molar-refractivity contribution >= 4 is 28.7 Å². The standard InChI is InChI=1S/C27H30F3N3OS/c1-25(2)12-20-13-26(3,16-25)17-33(20)23(34)15-35-24-31-21-11-19(27(28,29)30)9-10-22(21)32(24)14-18-7-5-4-6-8-18/h4-11,20H,12-17H2,1-3H3/t20-,26+/m1/s1. The molecule has 0 radical (unpaired) electrons. The van der Waals surface area contributed by atoms with E-state index in [1.807, 2.05) is 39.8 Å². The van der Waals surface area contributed by atoms with Crippen molar-refractivity contribution in [1.82, 2.24) is 14.5 Å². The minimum atomic E-state index is -4.43. The van der Waals surface area contributed by atoms with Gasteiger partial charge in [-0.25, -0.2) is 4.98 Å². The Bertz CT molecular complexity index is 1250. The van der Waals surface area contributed by atoms with E-state index >= 15 is 0 Å². The number of likely N-dealkylation sites (tertiary alicyclic amines) is 1. The lowest BCUT2D eigenvalue weighted by atomic mass is 9.65. The number of benzene rings is 2. The number of carbonyl (C=O) groups excluding carboxylic acids is 1. The molecule has 186 valence electrons. The number of aromatic nitrogens is 2. The number of imidazole rings is 1. The molecule has 0 N–H and O–H groups in total. The summed E-state index contributed by atoms with van der Waals surface area (Å²) >= 11 is 1.31. The fourth-order valence-corrected chi connectivity index (χ4v) is 7.17. The third kappa shape index (κ3) is 4.95. The van der Waals surface area contributed by atoms with E-state index in [-0.39, 0.29) is 34.0 Å². The van der Waals surface area contributed by atoms with Crippen LogP contribution in [0.4, 0.5) is 13.2 Å². The van der Waals surface area contributed by atoms with Gasteiger partial charge in [0.1, 0.15) is 0 Å². The molecule has 2 atom stereocenters. The summed E-state index contributed by atoms with van der Waals surface area (Å²) in [4.78, 5) is 19.9. The molecule has 1 amide bonds. The van der Waals surface area contributed by atoms with Gasteiger partial charge in [0.15, 0.2) is 5.16 Å². The van der Waals surface area contributed by atoms with Gasteiger partial charge in [-0.2, -0.15) is 13.2 Å². The fraction of sp³-hybridized carbons (Fsp3) is 0.481. The van der Waals surface area contributed by atoms with Crippen LogP contribution in [0.2, 0.25) is 0 Å². The first-order valence-electron chi connectivity index (χ1n) is 12.0. The van der Waals surface area contributed by atoms with Crippen molar-refractivity contribution in [2.75, 3.05) is 12.3 Å². The van der Waals surface area contributed by atoms with Crippen LogP contribution in [0.3, 0.4) is 0 Å². The first kappa shape index (κ1) is 24.2. The monoisotopic (exact) mass is 501 g/mol. The Morgan fingerprint density at radius 1 is 1.11 bits per heavy atom. The maximum Gasteiger partial charge on any atom is 0.416 e. The second-order valence-corrected chi connectivity index (χ2v) is 12.1. The Morgan fingerprint density at radius 3 is 2.57 bits per heavy atom. The lowest BCUT2D eigenvalue weighted by molar-refractivity contribution is -0.137. The highest BCUT2D eigenvalue weighted by atomic mass is 32.2. The quantitative estimate of drug-likeness (QED) is 0.369. The van der Waals surface area contributed by atoms with Crippen LogP contribution < -0.4 is 0 Å². The van der Waals surface area contributed by atoms with Gasteiger partial charge in [-0.15, -0.1) is 0 Å². The SMILES string of the molecule is CC1(C)C[C@@H]2C[C@](C)(CN2C(=O)CSc2nc3cc(C(F)(F)F)ccc3n2Cc2ccccc2)C1. The Labute approximate surface area is 207 Å². The molecule has 2 heterocycles. The van der Waals surface area contributed by atoms with Crippen molar-refractivity contribution in [2.45, 2.75) is 64.0 Å². The number of carbonyl (C=O) groups is 1. The number of amides is 1. The molecule has 2 aliphatic rings. The van der Waals surface area contributed by atoms with Crippen molar-refractivity contribution in [3.05, 3.63) is 59.7 Å². The van der Waals surface area contributed by atoms with Gasteiger partial charge in [-0.05, 0) is 53.9 Å². The van der Waals surface area contributed by atoms with Gasteiger partial charge in [-0.1, -0.05) is 62.9 Å². The van der Waals surface area contributed by atoms with E-state index in [9.17, 15) is 18.0 Å². The number of thioether (sulfide) groups is 1. The van der Waals surface area contributed by atoms with Crippen molar-refractivity contribution in [3.8, 4) is 0 Å². The van der Waals surface area contributed by atoms with Gasteiger partial charge < -0.3 is 9.47 Å². The normalized spacial score (nSPS) is 23.7. The summed E-state index contributed by atoms with van der Waals surface area (Å²) in [6.07, 6.45) is -1.27. The number of halogens is 3. The molecule has 1 aliphatic heterocycles. The molecular weight excluding hydrogens is 471 g/mol. The Hall–Kier alpha value is -2.48. The predicted molar refractivity (Wildman–Crippen MR) is 132 cm³/mol. The second-order valence-electron chi connectivity index (χ2n) is 11.2. The average Bonchev–Trinajstić information content (AvgIpc) is 3.24. The Balaban J connectivity index is 1.41. The molecule has 8 heteroatoms. The van der Waals surface area contributed by atoms with Crippen LogP contribution in [0.15, 0.2) is 53.7 Å². The van der Waals surface area contributed by atoms with Crippen LogP contribution in [0, 0.1) is 10.8 Å². The van der Waals surface area contributed by atoms with E-state index in [0.29, 0.717) is 17.2 Å². The lowest BCUT2D eigenvalue weighted by Gasteiger charge is -2.39. The van der Waals surface area contributed by atoms with E-state index in [0.717, 1.165) is 43.5 Å². The molecule has 2 aromatic carbocycles. The first-order valence-corrected chi connectivity index (χ1v) is 12.9. The minimum absolute atomic E-state index is 0.0794. The number of alkyl halides is 3. The third-order valence-corrected chi connectivity index (χ3v) is 8.25. The first-order chi connectivity index (χ1) is 16.4. The van der Waals surface area contributed by atoms with Crippen LogP contribution in [-0.2, 0) is 17.5 Å². The molecule has 35 heavy (non-hydrogen) atoms. The largest absolute Gasteiger partial charge is 0.416 e. The zero-order valence-electron chi connectivity index (χ0n) is 20.2. The lowest BCUT2D eigenvalue weighted by Crippen LogP contribution is -2.38. The predicted octanol–water partition coefficient (Wildman–Crippen LogP) is 6.62. The number of fused-ring (bicyclic) bond motifs is 3. The highest BCUT2D eigenvalue weighted by Crippen LogP contribution is 2.52. The van der Waals surface area contributed by atoms with Crippen molar-refractivity contribution in [2.24, 2.45) is 10.8 Å². The van der Waals surface area contributed by atoms with E-state index < -0.39 is 11.7 Å². The summed E-state index contributed by atoms with van der Waals surface area (Å²) < 4.78 is 41.8. The van der Waals surface area contributed by atoms with Gasteiger partial charge in [0, 0.05) is 12.6 Å². The highest BCUT2D eigenvalue weighted by molar-refractivity contribution is 7.99. The summed E-state index contributed by atoms with van der Waals surface area (Å²) in [5.41, 5.74) is 1.59.